The summed E-state index contributed by atoms with van der Waals surface area (Å²) in [5.74, 6) is 1.98. The second-order valence-electron chi connectivity index (χ2n) is 6.52. The van der Waals surface area contributed by atoms with Gasteiger partial charge in [0.05, 0.1) is 5.60 Å². The molecule has 0 bridgehead atoms. The third kappa shape index (κ3) is 2.20. The molecule has 16 heavy (non-hydrogen) atoms. The Bertz CT molecular complexity index is 295. The van der Waals surface area contributed by atoms with Gasteiger partial charge in [0.15, 0.2) is 0 Å². The number of allylic oxidation sites excluding steroid dienone is 2. The Labute approximate surface area is 99.9 Å². The summed E-state index contributed by atoms with van der Waals surface area (Å²) >= 11 is 0. The highest BCUT2D eigenvalue weighted by Crippen LogP contribution is 2.45. The van der Waals surface area contributed by atoms with E-state index in [2.05, 4.69) is 13.8 Å². The molecule has 0 spiro atoms. The van der Waals surface area contributed by atoms with Crippen LogP contribution in [0.25, 0.3) is 0 Å². The van der Waals surface area contributed by atoms with Crippen LogP contribution in [0, 0.1) is 17.8 Å². The zero-order valence-corrected chi connectivity index (χ0v) is 11.2. The largest absolute Gasteiger partial charge is 0.390 e. The topological polar surface area (TPSA) is 20.2 Å². The molecule has 1 nitrogen and oxygen atoms in total. The van der Waals surface area contributed by atoms with E-state index in [1.54, 1.807) is 11.1 Å². The van der Waals surface area contributed by atoms with Gasteiger partial charge < -0.3 is 5.11 Å². The Morgan fingerprint density at radius 2 is 1.62 bits per heavy atom. The lowest BCUT2D eigenvalue weighted by molar-refractivity contribution is 0.0119. The maximum Gasteiger partial charge on any atom is 0.0622 e. The fraction of sp³-hybridized carbons (Fsp3) is 0.867. The van der Waals surface area contributed by atoms with E-state index in [1.807, 2.05) is 13.8 Å². The molecule has 0 radical (unpaired) electrons. The first-order chi connectivity index (χ1) is 7.39. The third-order valence-electron chi connectivity index (χ3n) is 4.86. The predicted molar refractivity (Wildman–Crippen MR) is 68.2 cm³/mol. The van der Waals surface area contributed by atoms with Gasteiger partial charge in [-0.05, 0) is 63.7 Å². The normalized spacial score (nSPS) is 36.2. The van der Waals surface area contributed by atoms with Gasteiger partial charge in [-0.25, -0.2) is 0 Å². The van der Waals surface area contributed by atoms with Gasteiger partial charge in [0, 0.05) is 0 Å². The van der Waals surface area contributed by atoms with Crippen molar-refractivity contribution in [2.75, 3.05) is 0 Å². The molecule has 0 aliphatic heterocycles. The van der Waals surface area contributed by atoms with E-state index in [0.717, 1.165) is 18.3 Å². The molecule has 0 fully saturated rings. The Kier molecular flexibility index (Phi) is 3.18. The highest BCUT2D eigenvalue weighted by molar-refractivity contribution is 5.26. The van der Waals surface area contributed by atoms with Crippen LogP contribution in [0.15, 0.2) is 11.1 Å². The Morgan fingerprint density at radius 3 is 2.25 bits per heavy atom. The van der Waals surface area contributed by atoms with Crippen LogP contribution < -0.4 is 0 Å². The van der Waals surface area contributed by atoms with E-state index in [1.165, 1.54) is 25.7 Å². The maximum absolute atomic E-state index is 10.2. The average molecular weight is 222 g/mol. The van der Waals surface area contributed by atoms with Crippen molar-refractivity contribution in [2.24, 2.45) is 17.8 Å². The number of aliphatic hydroxyl groups is 1. The van der Waals surface area contributed by atoms with Crippen LogP contribution >= 0.6 is 0 Å². The monoisotopic (exact) mass is 222 g/mol. The predicted octanol–water partition coefficient (Wildman–Crippen LogP) is 3.92. The smallest absolute Gasteiger partial charge is 0.0622 e. The van der Waals surface area contributed by atoms with Crippen LogP contribution in [0.4, 0.5) is 0 Å². The van der Waals surface area contributed by atoms with Gasteiger partial charge >= 0.3 is 0 Å². The van der Waals surface area contributed by atoms with Crippen molar-refractivity contribution in [3.8, 4) is 0 Å². The third-order valence-corrected chi connectivity index (χ3v) is 4.86. The van der Waals surface area contributed by atoms with Crippen molar-refractivity contribution in [2.45, 2.75) is 65.4 Å². The van der Waals surface area contributed by atoms with Gasteiger partial charge in [-0.15, -0.1) is 0 Å². The van der Waals surface area contributed by atoms with Gasteiger partial charge in [-0.2, -0.15) is 0 Å². The molecule has 0 aromatic rings. The van der Waals surface area contributed by atoms with E-state index in [4.69, 9.17) is 0 Å². The summed E-state index contributed by atoms with van der Waals surface area (Å²) in [6.45, 7) is 8.70. The molecule has 1 N–H and O–H groups in total. The molecule has 0 saturated heterocycles. The van der Waals surface area contributed by atoms with Crippen LogP contribution in [-0.4, -0.2) is 10.7 Å². The first kappa shape index (κ1) is 12.2. The molecule has 2 rings (SSSR count). The van der Waals surface area contributed by atoms with E-state index in [-0.39, 0.29) is 0 Å². The second-order valence-corrected chi connectivity index (χ2v) is 6.52. The molecule has 0 saturated carbocycles. The maximum atomic E-state index is 10.2. The van der Waals surface area contributed by atoms with Crippen molar-refractivity contribution in [3.63, 3.8) is 0 Å². The number of hydrogen-bond acceptors (Lipinski definition) is 1. The van der Waals surface area contributed by atoms with Crippen LogP contribution in [0.3, 0.4) is 0 Å². The Hall–Kier alpha value is -0.300. The summed E-state index contributed by atoms with van der Waals surface area (Å²) in [6, 6.07) is 0. The summed E-state index contributed by atoms with van der Waals surface area (Å²) in [5, 5.41) is 10.2. The molecule has 2 aliphatic rings. The Morgan fingerprint density at radius 1 is 1.00 bits per heavy atom. The molecule has 0 amide bonds. The molecule has 0 heterocycles. The molecular weight excluding hydrogens is 196 g/mol. The van der Waals surface area contributed by atoms with E-state index >= 15 is 0 Å². The van der Waals surface area contributed by atoms with E-state index in [9.17, 15) is 5.11 Å². The first-order valence-electron chi connectivity index (χ1n) is 6.83. The fourth-order valence-electron chi connectivity index (χ4n) is 3.51. The number of rotatable bonds is 1. The molecule has 0 aromatic carbocycles. The highest BCUT2D eigenvalue weighted by atomic mass is 16.3. The van der Waals surface area contributed by atoms with Crippen molar-refractivity contribution in [3.05, 3.63) is 11.1 Å². The fourth-order valence-corrected chi connectivity index (χ4v) is 3.51. The van der Waals surface area contributed by atoms with Gasteiger partial charge in [0.2, 0.25) is 0 Å². The summed E-state index contributed by atoms with van der Waals surface area (Å²) in [4.78, 5) is 0. The van der Waals surface area contributed by atoms with Crippen molar-refractivity contribution >= 4 is 0 Å². The Balaban J connectivity index is 2.23. The van der Waals surface area contributed by atoms with Gasteiger partial charge in [0.25, 0.3) is 0 Å². The van der Waals surface area contributed by atoms with Crippen LogP contribution in [0.5, 0.6) is 0 Å². The second kappa shape index (κ2) is 4.18. The first-order valence-corrected chi connectivity index (χ1v) is 6.83. The molecule has 0 aromatic heterocycles. The van der Waals surface area contributed by atoms with Crippen LogP contribution in [0.2, 0.25) is 0 Å². The van der Waals surface area contributed by atoms with Crippen molar-refractivity contribution in [1.29, 1.82) is 0 Å². The van der Waals surface area contributed by atoms with Gasteiger partial charge in [-0.3, -0.25) is 0 Å². The van der Waals surface area contributed by atoms with Crippen LogP contribution in [-0.2, 0) is 0 Å². The zero-order chi connectivity index (χ0) is 11.9. The summed E-state index contributed by atoms with van der Waals surface area (Å²) < 4.78 is 0. The lowest BCUT2D eigenvalue weighted by atomic mass is 9.81. The van der Waals surface area contributed by atoms with E-state index < -0.39 is 5.60 Å². The minimum atomic E-state index is -0.509. The summed E-state index contributed by atoms with van der Waals surface area (Å²) in [6.07, 6.45) is 6.25. The molecule has 92 valence electrons. The minimum Gasteiger partial charge on any atom is -0.390 e. The SMILES string of the molecule is CC1CCC2=C1C[C@H](C(C)(C)O)CC[C@@H]2C. The highest BCUT2D eigenvalue weighted by Gasteiger charge is 2.35. The van der Waals surface area contributed by atoms with E-state index in [0.29, 0.717) is 5.92 Å². The van der Waals surface area contributed by atoms with Gasteiger partial charge in [0.1, 0.15) is 0 Å². The number of hydrogen-bond donors (Lipinski definition) is 1. The average Bonchev–Trinajstić information content (AvgIpc) is 2.42. The molecule has 3 atom stereocenters. The molecule has 1 unspecified atom stereocenters. The van der Waals surface area contributed by atoms with Crippen LogP contribution in [0.1, 0.15) is 59.8 Å². The van der Waals surface area contributed by atoms with Crippen molar-refractivity contribution in [1.82, 2.24) is 0 Å². The molecule has 2 aliphatic carbocycles. The lowest BCUT2D eigenvalue weighted by Crippen LogP contribution is -2.31. The minimum absolute atomic E-state index is 0.461. The van der Waals surface area contributed by atoms with Crippen molar-refractivity contribution < 1.29 is 5.11 Å². The zero-order valence-electron chi connectivity index (χ0n) is 11.2. The standard InChI is InChI=1S/C15H26O/c1-10-5-7-12(15(3,4)16)9-14-11(2)6-8-13(10)14/h10-12,16H,5-9H2,1-4H3/t10-,11?,12+/m0/s1. The lowest BCUT2D eigenvalue weighted by Gasteiger charge is -2.30. The summed E-state index contributed by atoms with van der Waals surface area (Å²) in [5.41, 5.74) is 2.92. The van der Waals surface area contributed by atoms with Gasteiger partial charge in [-0.1, -0.05) is 25.0 Å². The molecular formula is C15H26O. The summed E-state index contributed by atoms with van der Waals surface area (Å²) in [7, 11) is 0. The quantitative estimate of drug-likeness (QED) is 0.667. The molecule has 1 heteroatoms.